The third-order valence-corrected chi connectivity index (χ3v) is 2.13. The number of hydrogen-bond donors (Lipinski definition) is 1. The number of rotatable bonds is 1. The smallest absolute Gasteiger partial charge is 0.412 e. The van der Waals surface area contributed by atoms with Gasteiger partial charge in [-0.2, -0.15) is 0 Å². The number of carbonyl (C=O) groups is 1. The lowest BCUT2D eigenvalue weighted by Gasteiger charge is -2.20. The van der Waals surface area contributed by atoms with E-state index in [1.807, 2.05) is 0 Å². The monoisotopic (exact) mass is 261 g/mol. The van der Waals surface area contributed by atoms with Crippen molar-refractivity contribution < 1.29 is 9.53 Å². The molecule has 1 N–H and O–H groups in total. The van der Waals surface area contributed by atoms with Crippen LogP contribution in [0.4, 0.5) is 10.5 Å². The Balaban J connectivity index is 2.73. The van der Waals surface area contributed by atoms with Crippen LogP contribution in [0.2, 0.25) is 10.0 Å². The van der Waals surface area contributed by atoms with Gasteiger partial charge in [-0.05, 0) is 39.0 Å². The molecule has 0 aliphatic rings. The maximum absolute atomic E-state index is 11.5. The molecule has 0 fully saturated rings. The third-order valence-electron chi connectivity index (χ3n) is 1.56. The average Bonchev–Trinajstić information content (AvgIpc) is 2.08. The van der Waals surface area contributed by atoms with Gasteiger partial charge in [0.05, 0.1) is 10.7 Å². The van der Waals surface area contributed by atoms with E-state index in [1.165, 1.54) is 0 Å². The highest BCUT2D eigenvalue weighted by Crippen LogP contribution is 2.25. The van der Waals surface area contributed by atoms with E-state index >= 15 is 0 Å². The average molecular weight is 262 g/mol. The Hall–Kier alpha value is -0.930. The van der Waals surface area contributed by atoms with Crippen LogP contribution in [0.3, 0.4) is 0 Å². The largest absolute Gasteiger partial charge is 0.444 e. The standard InChI is InChI=1S/C11H13Cl2NO2/c1-11(2,3)16-10(15)14-9-6-7(12)4-5-8(9)13/h4-6H,1-3H3,(H,14,15). The van der Waals surface area contributed by atoms with Crippen molar-refractivity contribution >= 4 is 35.0 Å². The summed E-state index contributed by atoms with van der Waals surface area (Å²) < 4.78 is 5.08. The van der Waals surface area contributed by atoms with Crippen molar-refractivity contribution in [3.05, 3.63) is 28.2 Å². The quantitative estimate of drug-likeness (QED) is 0.817. The van der Waals surface area contributed by atoms with Crippen LogP contribution in [-0.4, -0.2) is 11.7 Å². The first-order valence-electron chi connectivity index (χ1n) is 4.73. The van der Waals surface area contributed by atoms with Crippen molar-refractivity contribution in [1.82, 2.24) is 0 Å². The van der Waals surface area contributed by atoms with Crippen molar-refractivity contribution in [2.75, 3.05) is 5.32 Å². The second-order valence-electron chi connectivity index (χ2n) is 4.25. The number of benzene rings is 1. The van der Waals surface area contributed by atoms with E-state index in [-0.39, 0.29) is 0 Å². The minimum atomic E-state index is -0.559. The molecule has 16 heavy (non-hydrogen) atoms. The summed E-state index contributed by atoms with van der Waals surface area (Å²) in [6, 6.07) is 4.81. The predicted octanol–water partition coefficient (Wildman–Crippen LogP) is 4.34. The van der Waals surface area contributed by atoms with E-state index in [9.17, 15) is 4.79 Å². The Morgan fingerprint density at radius 2 is 1.94 bits per heavy atom. The van der Waals surface area contributed by atoms with Gasteiger partial charge in [-0.3, -0.25) is 5.32 Å². The second-order valence-corrected chi connectivity index (χ2v) is 5.09. The molecule has 0 aliphatic heterocycles. The minimum Gasteiger partial charge on any atom is -0.444 e. The number of anilines is 1. The van der Waals surface area contributed by atoms with Gasteiger partial charge >= 0.3 is 6.09 Å². The molecule has 1 rings (SSSR count). The molecule has 1 aromatic carbocycles. The topological polar surface area (TPSA) is 38.3 Å². The van der Waals surface area contributed by atoms with Crippen LogP contribution < -0.4 is 5.32 Å². The molecule has 88 valence electrons. The van der Waals surface area contributed by atoms with Gasteiger partial charge in [-0.15, -0.1) is 0 Å². The molecule has 0 heterocycles. The van der Waals surface area contributed by atoms with Gasteiger partial charge in [0.1, 0.15) is 5.60 Å². The third kappa shape index (κ3) is 4.29. The second kappa shape index (κ2) is 4.93. The molecule has 0 aliphatic carbocycles. The summed E-state index contributed by atoms with van der Waals surface area (Å²) in [6.07, 6.45) is -0.559. The number of hydrogen-bond acceptors (Lipinski definition) is 2. The van der Waals surface area contributed by atoms with E-state index in [4.69, 9.17) is 27.9 Å². The summed E-state index contributed by atoms with van der Waals surface area (Å²) in [7, 11) is 0. The molecule has 0 atom stereocenters. The molecule has 1 aromatic rings. The van der Waals surface area contributed by atoms with Crippen molar-refractivity contribution in [1.29, 1.82) is 0 Å². The Labute approximate surface area is 105 Å². The van der Waals surface area contributed by atoms with Crippen LogP contribution in [0.15, 0.2) is 18.2 Å². The molecular formula is C11H13Cl2NO2. The molecule has 0 saturated heterocycles. The maximum Gasteiger partial charge on any atom is 0.412 e. The van der Waals surface area contributed by atoms with Crippen molar-refractivity contribution in [3.8, 4) is 0 Å². The summed E-state index contributed by atoms with van der Waals surface area (Å²) in [5, 5.41) is 3.44. The Kier molecular flexibility index (Phi) is 4.05. The Morgan fingerprint density at radius 3 is 2.50 bits per heavy atom. The van der Waals surface area contributed by atoms with Gasteiger partial charge in [0.15, 0.2) is 0 Å². The van der Waals surface area contributed by atoms with Gasteiger partial charge in [0.25, 0.3) is 0 Å². The first-order chi connectivity index (χ1) is 7.28. The summed E-state index contributed by atoms with van der Waals surface area (Å²) in [5.74, 6) is 0. The van der Waals surface area contributed by atoms with Gasteiger partial charge in [-0.25, -0.2) is 4.79 Å². The number of nitrogens with one attached hydrogen (secondary N) is 1. The molecule has 0 saturated carbocycles. The van der Waals surface area contributed by atoms with E-state index in [0.29, 0.717) is 15.7 Å². The fourth-order valence-corrected chi connectivity index (χ4v) is 1.34. The van der Waals surface area contributed by atoms with Crippen molar-refractivity contribution in [2.24, 2.45) is 0 Å². The van der Waals surface area contributed by atoms with Gasteiger partial charge in [0, 0.05) is 5.02 Å². The summed E-state index contributed by atoms with van der Waals surface area (Å²) >= 11 is 11.7. The SMILES string of the molecule is CC(C)(C)OC(=O)Nc1cc(Cl)ccc1Cl. The number of halogens is 2. The van der Waals surface area contributed by atoms with Crippen molar-refractivity contribution in [3.63, 3.8) is 0 Å². The first-order valence-corrected chi connectivity index (χ1v) is 5.48. The predicted molar refractivity (Wildman–Crippen MR) is 66.3 cm³/mol. The molecule has 5 heteroatoms. The van der Waals surface area contributed by atoms with Crippen LogP contribution in [0.1, 0.15) is 20.8 Å². The van der Waals surface area contributed by atoms with Crippen LogP contribution in [0, 0.1) is 0 Å². The normalized spacial score (nSPS) is 11.1. The minimum absolute atomic E-state index is 0.412. The molecule has 3 nitrogen and oxygen atoms in total. The zero-order valence-electron chi connectivity index (χ0n) is 9.30. The van der Waals surface area contributed by atoms with E-state index in [2.05, 4.69) is 5.32 Å². The molecule has 0 aromatic heterocycles. The van der Waals surface area contributed by atoms with Gasteiger partial charge in [-0.1, -0.05) is 23.2 Å². The Bertz CT molecular complexity index is 399. The fourth-order valence-electron chi connectivity index (χ4n) is 1.01. The maximum atomic E-state index is 11.5. The summed E-state index contributed by atoms with van der Waals surface area (Å²) in [4.78, 5) is 11.5. The molecule has 1 amide bonds. The molecule has 0 radical (unpaired) electrons. The number of carbonyl (C=O) groups excluding carboxylic acids is 1. The lowest BCUT2D eigenvalue weighted by atomic mass is 10.2. The van der Waals surface area contributed by atoms with E-state index < -0.39 is 11.7 Å². The van der Waals surface area contributed by atoms with Crippen molar-refractivity contribution in [2.45, 2.75) is 26.4 Å². The fraction of sp³-hybridized carbons (Fsp3) is 0.364. The molecular weight excluding hydrogens is 249 g/mol. The Morgan fingerprint density at radius 1 is 1.31 bits per heavy atom. The van der Waals surface area contributed by atoms with E-state index in [0.717, 1.165) is 0 Å². The zero-order valence-corrected chi connectivity index (χ0v) is 10.8. The zero-order chi connectivity index (χ0) is 12.3. The lowest BCUT2D eigenvalue weighted by molar-refractivity contribution is 0.0636. The molecule has 0 bridgehead atoms. The highest BCUT2D eigenvalue weighted by molar-refractivity contribution is 6.35. The molecule has 0 unspecified atom stereocenters. The van der Waals surface area contributed by atoms with Crippen LogP contribution >= 0.6 is 23.2 Å². The number of ether oxygens (including phenoxy) is 1. The highest BCUT2D eigenvalue weighted by atomic mass is 35.5. The van der Waals surface area contributed by atoms with Crippen LogP contribution in [0.5, 0.6) is 0 Å². The first kappa shape index (κ1) is 13.1. The van der Waals surface area contributed by atoms with Gasteiger partial charge < -0.3 is 4.74 Å². The lowest BCUT2D eigenvalue weighted by Crippen LogP contribution is -2.27. The van der Waals surface area contributed by atoms with Crippen LogP contribution in [-0.2, 0) is 4.74 Å². The highest BCUT2D eigenvalue weighted by Gasteiger charge is 2.16. The summed E-state index contributed by atoms with van der Waals surface area (Å²) in [6.45, 7) is 5.35. The van der Waals surface area contributed by atoms with Gasteiger partial charge in [0.2, 0.25) is 0 Å². The number of amides is 1. The van der Waals surface area contributed by atoms with E-state index in [1.54, 1.807) is 39.0 Å². The molecule has 0 spiro atoms. The van der Waals surface area contributed by atoms with Crippen LogP contribution in [0.25, 0.3) is 0 Å². The summed E-state index contributed by atoms with van der Waals surface area (Å²) in [5.41, 5.74) is -0.113.